The lowest BCUT2D eigenvalue weighted by molar-refractivity contribution is -0.182. The number of ether oxygens (including phenoxy) is 2. The van der Waals surface area contributed by atoms with Gasteiger partial charge in [0.15, 0.2) is 5.41 Å². The van der Waals surface area contributed by atoms with E-state index in [0.29, 0.717) is 0 Å². The van der Waals surface area contributed by atoms with Gasteiger partial charge in [-0.1, -0.05) is 38.5 Å². The standard InChI is InChI=1S/C17H28O4/c1-20-15(18)17(16(19)21-2,13-9-5-3-6-10-13)14-11-7-4-8-12-14/h13-14H,3-12H2,1-2H3. The average molecular weight is 296 g/mol. The first-order valence-corrected chi connectivity index (χ1v) is 8.34. The molecule has 2 saturated carbocycles. The van der Waals surface area contributed by atoms with Crippen LogP contribution in [-0.2, 0) is 19.1 Å². The first-order valence-electron chi connectivity index (χ1n) is 8.34. The van der Waals surface area contributed by atoms with Crippen molar-refractivity contribution in [3.8, 4) is 0 Å². The summed E-state index contributed by atoms with van der Waals surface area (Å²) in [6.07, 6.45) is 10.5. The topological polar surface area (TPSA) is 52.6 Å². The molecule has 0 N–H and O–H groups in total. The fourth-order valence-electron chi connectivity index (χ4n) is 4.54. The summed E-state index contributed by atoms with van der Waals surface area (Å²) in [7, 11) is 2.79. The summed E-state index contributed by atoms with van der Waals surface area (Å²) in [4.78, 5) is 25.4. The lowest BCUT2D eigenvalue weighted by atomic mass is 9.58. The minimum absolute atomic E-state index is 0.0780. The molecule has 2 rings (SSSR count). The molecule has 0 heterocycles. The second-order valence-electron chi connectivity index (χ2n) is 6.52. The van der Waals surface area contributed by atoms with E-state index < -0.39 is 5.41 Å². The summed E-state index contributed by atoms with van der Waals surface area (Å²) in [5, 5.41) is 0. The molecule has 0 spiro atoms. The molecule has 4 nitrogen and oxygen atoms in total. The third-order valence-electron chi connectivity index (χ3n) is 5.54. The van der Waals surface area contributed by atoms with E-state index in [-0.39, 0.29) is 23.8 Å². The van der Waals surface area contributed by atoms with Gasteiger partial charge in [0.2, 0.25) is 0 Å². The molecule has 120 valence electrons. The molecule has 2 aliphatic carbocycles. The van der Waals surface area contributed by atoms with Gasteiger partial charge in [0.1, 0.15) is 0 Å². The zero-order valence-corrected chi connectivity index (χ0v) is 13.4. The van der Waals surface area contributed by atoms with Crippen molar-refractivity contribution in [2.75, 3.05) is 14.2 Å². The summed E-state index contributed by atoms with van der Waals surface area (Å²) in [6.45, 7) is 0. The molecule has 0 atom stereocenters. The number of esters is 2. The Hall–Kier alpha value is -1.06. The zero-order chi connectivity index (χ0) is 15.3. The average Bonchev–Trinajstić information content (AvgIpc) is 2.57. The molecule has 2 fully saturated rings. The molecule has 0 aromatic carbocycles. The van der Waals surface area contributed by atoms with Crippen LogP contribution in [0.5, 0.6) is 0 Å². The van der Waals surface area contributed by atoms with Gasteiger partial charge >= 0.3 is 11.9 Å². The van der Waals surface area contributed by atoms with E-state index >= 15 is 0 Å². The maximum atomic E-state index is 12.7. The highest BCUT2D eigenvalue weighted by molar-refractivity contribution is 6.00. The molecule has 2 aliphatic rings. The molecule has 0 bridgehead atoms. The summed E-state index contributed by atoms with van der Waals surface area (Å²) in [6, 6.07) is 0. The van der Waals surface area contributed by atoms with Gasteiger partial charge in [0.25, 0.3) is 0 Å². The third-order valence-corrected chi connectivity index (χ3v) is 5.54. The minimum atomic E-state index is -1.07. The Morgan fingerprint density at radius 1 is 0.714 bits per heavy atom. The van der Waals surface area contributed by atoms with E-state index in [1.165, 1.54) is 27.1 Å². The smallest absolute Gasteiger partial charge is 0.323 e. The van der Waals surface area contributed by atoms with Crippen molar-refractivity contribution in [2.24, 2.45) is 17.3 Å². The van der Waals surface area contributed by atoms with Gasteiger partial charge in [-0.15, -0.1) is 0 Å². The van der Waals surface area contributed by atoms with Crippen molar-refractivity contribution in [3.05, 3.63) is 0 Å². The Labute approximate surface area is 127 Å². The number of carbonyl (C=O) groups is 2. The van der Waals surface area contributed by atoms with Crippen molar-refractivity contribution in [1.82, 2.24) is 0 Å². The van der Waals surface area contributed by atoms with Crippen LogP contribution in [0.1, 0.15) is 64.2 Å². The van der Waals surface area contributed by atoms with E-state index in [4.69, 9.17) is 9.47 Å². The maximum Gasteiger partial charge on any atom is 0.323 e. The SMILES string of the molecule is COC(=O)C(C(=O)OC)(C1CCCCC1)C1CCCCC1. The predicted molar refractivity (Wildman–Crippen MR) is 79.6 cm³/mol. The van der Waals surface area contributed by atoms with Crippen molar-refractivity contribution >= 4 is 11.9 Å². The van der Waals surface area contributed by atoms with Gasteiger partial charge in [0.05, 0.1) is 14.2 Å². The van der Waals surface area contributed by atoms with Gasteiger partial charge < -0.3 is 9.47 Å². The van der Waals surface area contributed by atoms with Crippen LogP contribution in [0.4, 0.5) is 0 Å². The van der Waals surface area contributed by atoms with Crippen LogP contribution in [0, 0.1) is 17.3 Å². The van der Waals surface area contributed by atoms with Crippen LogP contribution in [0.15, 0.2) is 0 Å². The molecular weight excluding hydrogens is 268 g/mol. The second-order valence-corrected chi connectivity index (χ2v) is 6.52. The number of rotatable bonds is 4. The highest BCUT2D eigenvalue weighted by Crippen LogP contribution is 2.50. The summed E-state index contributed by atoms with van der Waals surface area (Å²) >= 11 is 0. The number of hydrogen-bond acceptors (Lipinski definition) is 4. The quantitative estimate of drug-likeness (QED) is 0.588. The van der Waals surface area contributed by atoms with E-state index in [2.05, 4.69) is 0 Å². The predicted octanol–water partition coefficient (Wildman–Crippen LogP) is 3.48. The molecule has 0 amide bonds. The minimum Gasteiger partial charge on any atom is -0.468 e. The van der Waals surface area contributed by atoms with Crippen LogP contribution in [-0.4, -0.2) is 26.2 Å². The first-order chi connectivity index (χ1) is 10.2. The van der Waals surface area contributed by atoms with Crippen molar-refractivity contribution < 1.29 is 19.1 Å². The summed E-state index contributed by atoms with van der Waals surface area (Å²) in [5.41, 5.74) is -1.07. The van der Waals surface area contributed by atoms with Crippen LogP contribution < -0.4 is 0 Å². The van der Waals surface area contributed by atoms with E-state index in [1.54, 1.807) is 0 Å². The molecule has 0 unspecified atom stereocenters. The number of carbonyl (C=O) groups excluding carboxylic acids is 2. The lowest BCUT2D eigenvalue weighted by Gasteiger charge is -2.44. The fourth-order valence-corrected chi connectivity index (χ4v) is 4.54. The molecule has 0 aromatic heterocycles. The second kappa shape index (κ2) is 7.28. The van der Waals surface area contributed by atoms with Crippen LogP contribution in [0.2, 0.25) is 0 Å². The van der Waals surface area contributed by atoms with Gasteiger partial charge in [-0.2, -0.15) is 0 Å². The van der Waals surface area contributed by atoms with Crippen molar-refractivity contribution in [2.45, 2.75) is 64.2 Å². The molecular formula is C17H28O4. The highest BCUT2D eigenvalue weighted by atomic mass is 16.5. The number of methoxy groups -OCH3 is 2. The Morgan fingerprint density at radius 2 is 1.05 bits per heavy atom. The van der Waals surface area contributed by atoms with E-state index in [0.717, 1.165) is 51.4 Å². The van der Waals surface area contributed by atoms with Gasteiger partial charge in [-0.05, 0) is 37.5 Å². The normalized spacial score (nSPS) is 21.8. The molecule has 21 heavy (non-hydrogen) atoms. The highest BCUT2D eigenvalue weighted by Gasteiger charge is 2.58. The molecule has 0 saturated heterocycles. The first kappa shape index (κ1) is 16.3. The van der Waals surface area contributed by atoms with Crippen LogP contribution in [0.3, 0.4) is 0 Å². The fraction of sp³-hybridized carbons (Fsp3) is 0.882. The Bertz CT molecular complexity index is 329. The molecule has 0 radical (unpaired) electrons. The molecule has 4 heteroatoms. The van der Waals surface area contributed by atoms with Gasteiger partial charge in [0, 0.05) is 0 Å². The van der Waals surface area contributed by atoms with E-state index in [1.807, 2.05) is 0 Å². The van der Waals surface area contributed by atoms with Crippen molar-refractivity contribution in [3.63, 3.8) is 0 Å². The summed E-state index contributed by atoms with van der Waals surface area (Å²) < 4.78 is 10.2. The summed E-state index contributed by atoms with van der Waals surface area (Å²) in [5.74, 6) is -0.579. The van der Waals surface area contributed by atoms with Crippen LogP contribution in [0.25, 0.3) is 0 Å². The van der Waals surface area contributed by atoms with Gasteiger partial charge in [-0.25, -0.2) is 0 Å². The van der Waals surface area contributed by atoms with Crippen molar-refractivity contribution in [1.29, 1.82) is 0 Å². The van der Waals surface area contributed by atoms with Gasteiger partial charge in [-0.3, -0.25) is 9.59 Å². The lowest BCUT2D eigenvalue weighted by Crippen LogP contribution is -2.53. The van der Waals surface area contributed by atoms with E-state index in [9.17, 15) is 9.59 Å². The van der Waals surface area contributed by atoms with Crippen LogP contribution >= 0.6 is 0 Å². The number of hydrogen-bond donors (Lipinski definition) is 0. The third kappa shape index (κ3) is 2.95. The Morgan fingerprint density at radius 3 is 1.33 bits per heavy atom. The zero-order valence-electron chi connectivity index (χ0n) is 13.4. The Kier molecular flexibility index (Phi) is 5.65. The monoisotopic (exact) mass is 296 g/mol. The Balaban J connectivity index is 2.40. The maximum absolute atomic E-state index is 12.7. The molecule has 0 aliphatic heterocycles. The largest absolute Gasteiger partial charge is 0.468 e. The molecule has 0 aromatic rings.